The lowest BCUT2D eigenvalue weighted by atomic mass is 9.99. The quantitative estimate of drug-likeness (QED) is 0.380. The first-order valence-corrected chi connectivity index (χ1v) is 9.77. The van der Waals surface area contributed by atoms with Gasteiger partial charge < -0.3 is 4.52 Å². The molecule has 0 aliphatic rings. The predicted octanol–water partition coefficient (Wildman–Crippen LogP) is 6.11. The average Bonchev–Trinajstić information content (AvgIpc) is 2.51. The van der Waals surface area contributed by atoms with Crippen molar-refractivity contribution >= 4 is 13.4 Å². The maximum Gasteiger partial charge on any atom is 0.529 e. The predicted molar refractivity (Wildman–Crippen MR) is 95.2 cm³/mol. The van der Waals surface area contributed by atoms with Gasteiger partial charge in [0.05, 0.1) is 13.2 Å². The van der Waals surface area contributed by atoms with Crippen molar-refractivity contribution in [2.24, 2.45) is 0 Å². The van der Waals surface area contributed by atoms with E-state index in [0.717, 1.165) is 29.5 Å². The third kappa shape index (κ3) is 6.14. The first-order chi connectivity index (χ1) is 11.0. The minimum Gasteiger partial charge on any atom is -0.408 e. The van der Waals surface area contributed by atoms with Gasteiger partial charge in [-0.05, 0) is 50.8 Å². The zero-order valence-corrected chi connectivity index (χ0v) is 15.8. The second-order valence-electron chi connectivity index (χ2n) is 5.34. The smallest absolute Gasteiger partial charge is 0.408 e. The average molecular weight is 340 g/mol. The summed E-state index contributed by atoms with van der Waals surface area (Å²) in [6, 6.07) is 8.10. The molecule has 5 heteroatoms. The first-order valence-electron chi connectivity index (χ1n) is 8.31. The lowest BCUT2D eigenvalue weighted by Gasteiger charge is -2.21. The van der Waals surface area contributed by atoms with E-state index in [0.29, 0.717) is 12.2 Å². The number of aryl methyl sites for hydroxylation is 1. The molecule has 23 heavy (non-hydrogen) atoms. The van der Waals surface area contributed by atoms with E-state index in [1.807, 2.05) is 25.1 Å². The molecule has 0 aliphatic carbocycles. The van der Waals surface area contributed by atoms with Crippen molar-refractivity contribution in [1.29, 1.82) is 0 Å². The van der Waals surface area contributed by atoms with Crippen LogP contribution in [0.1, 0.15) is 58.1 Å². The molecule has 1 aromatic rings. The van der Waals surface area contributed by atoms with Gasteiger partial charge in [-0.25, -0.2) is 4.57 Å². The highest BCUT2D eigenvalue weighted by Crippen LogP contribution is 2.52. The molecule has 0 unspecified atom stereocenters. The Morgan fingerprint density at radius 3 is 2.22 bits per heavy atom. The van der Waals surface area contributed by atoms with E-state index in [1.54, 1.807) is 13.8 Å². The SMILES string of the molecule is CCCC/C(OP(=O)(OCC)OCC)=C(\C)c1ccccc1C. The molecule has 130 valence electrons. The van der Waals surface area contributed by atoms with E-state index in [4.69, 9.17) is 13.6 Å². The summed E-state index contributed by atoms with van der Waals surface area (Å²) in [7, 11) is -3.56. The van der Waals surface area contributed by atoms with Crippen LogP contribution in [-0.4, -0.2) is 13.2 Å². The molecule has 1 aromatic carbocycles. The molecule has 0 radical (unpaired) electrons. The van der Waals surface area contributed by atoms with E-state index in [2.05, 4.69) is 19.9 Å². The summed E-state index contributed by atoms with van der Waals surface area (Å²) < 4.78 is 29.0. The van der Waals surface area contributed by atoms with Crippen LogP contribution in [0.25, 0.3) is 5.57 Å². The molecule has 0 fully saturated rings. The highest BCUT2D eigenvalue weighted by molar-refractivity contribution is 7.48. The second kappa shape index (κ2) is 9.92. The number of allylic oxidation sites excluding steroid dienone is 2. The fourth-order valence-electron chi connectivity index (χ4n) is 2.32. The largest absolute Gasteiger partial charge is 0.529 e. The molecule has 4 nitrogen and oxygen atoms in total. The third-order valence-electron chi connectivity index (χ3n) is 3.52. The molecule has 1 rings (SSSR count). The third-order valence-corrected chi connectivity index (χ3v) is 5.11. The maximum absolute atomic E-state index is 12.7. The fourth-order valence-corrected chi connectivity index (χ4v) is 3.63. The Labute approximate surface area is 140 Å². The Balaban J connectivity index is 3.19. The minimum atomic E-state index is -3.56. The van der Waals surface area contributed by atoms with Gasteiger partial charge in [-0.2, -0.15) is 0 Å². The number of hydrogen-bond acceptors (Lipinski definition) is 4. The van der Waals surface area contributed by atoms with Crippen LogP contribution < -0.4 is 0 Å². The van der Waals surface area contributed by atoms with Crippen LogP contribution in [0.5, 0.6) is 0 Å². The van der Waals surface area contributed by atoms with E-state index in [9.17, 15) is 4.57 Å². The van der Waals surface area contributed by atoms with E-state index < -0.39 is 7.82 Å². The molecule has 0 spiro atoms. The molecule has 0 saturated heterocycles. The van der Waals surface area contributed by atoms with Crippen LogP contribution in [0.2, 0.25) is 0 Å². The Kier molecular flexibility index (Phi) is 8.60. The van der Waals surface area contributed by atoms with Crippen molar-refractivity contribution in [1.82, 2.24) is 0 Å². The highest BCUT2D eigenvalue weighted by Gasteiger charge is 2.29. The first kappa shape index (κ1) is 20.0. The topological polar surface area (TPSA) is 44.8 Å². The normalized spacial score (nSPS) is 12.9. The minimum absolute atomic E-state index is 0.280. The molecule has 0 atom stereocenters. The fraction of sp³-hybridized carbons (Fsp3) is 0.556. The van der Waals surface area contributed by atoms with Crippen molar-refractivity contribution < 1.29 is 18.1 Å². The zero-order chi connectivity index (χ0) is 17.3. The van der Waals surface area contributed by atoms with Gasteiger partial charge in [0.15, 0.2) is 0 Å². The standard InChI is InChI=1S/C18H29O4P/c1-6-9-14-18(22-23(19,20-7-2)21-8-3)16(5)17-13-11-10-12-15(17)4/h10-13H,6-9,14H2,1-5H3/b18-16-. The molecule has 0 heterocycles. The maximum atomic E-state index is 12.7. The molecule has 0 saturated carbocycles. The van der Waals surface area contributed by atoms with E-state index >= 15 is 0 Å². The van der Waals surface area contributed by atoms with Gasteiger partial charge >= 0.3 is 7.82 Å². The zero-order valence-electron chi connectivity index (χ0n) is 14.9. The number of phosphoric acid groups is 1. The number of benzene rings is 1. The van der Waals surface area contributed by atoms with Gasteiger partial charge in [0.2, 0.25) is 0 Å². The summed E-state index contributed by atoms with van der Waals surface area (Å²) >= 11 is 0. The van der Waals surface area contributed by atoms with Crippen molar-refractivity contribution in [3.05, 3.63) is 41.2 Å². The molecule has 0 aromatic heterocycles. The Hall–Kier alpha value is -1.09. The molecule has 0 amide bonds. The van der Waals surface area contributed by atoms with Gasteiger partial charge in [0, 0.05) is 6.42 Å². The van der Waals surface area contributed by atoms with Crippen molar-refractivity contribution in [2.45, 2.75) is 53.9 Å². The summed E-state index contributed by atoms with van der Waals surface area (Å²) in [6.45, 7) is 10.3. The summed E-state index contributed by atoms with van der Waals surface area (Å²) in [4.78, 5) is 0. The van der Waals surface area contributed by atoms with Gasteiger partial charge in [0.25, 0.3) is 0 Å². The van der Waals surface area contributed by atoms with Crippen molar-refractivity contribution in [2.75, 3.05) is 13.2 Å². The van der Waals surface area contributed by atoms with Crippen LogP contribution >= 0.6 is 7.82 Å². The van der Waals surface area contributed by atoms with Crippen LogP contribution in [0.3, 0.4) is 0 Å². The van der Waals surface area contributed by atoms with E-state index in [-0.39, 0.29) is 13.2 Å². The summed E-state index contributed by atoms with van der Waals surface area (Å²) in [5.74, 6) is 0.686. The van der Waals surface area contributed by atoms with Crippen LogP contribution in [0, 0.1) is 6.92 Å². The summed E-state index contributed by atoms with van der Waals surface area (Å²) in [5, 5.41) is 0. The summed E-state index contributed by atoms with van der Waals surface area (Å²) in [6.07, 6.45) is 2.69. The highest BCUT2D eigenvalue weighted by atomic mass is 31.2. The lowest BCUT2D eigenvalue weighted by Crippen LogP contribution is -2.03. The number of phosphoric ester groups is 1. The second-order valence-corrected chi connectivity index (χ2v) is 6.93. The summed E-state index contributed by atoms with van der Waals surface area (Å²) in [5.41, 5.74) is 3.24. The van der Waals surface area contributed by atoms with Crippen molar-refractivity contribution in [3.8, 4) is 0 Å². The molecule has 0 bridgehead atoms. The molecular formula is C18H29O4P. The molecule has 0 N–H and O–H groups in total. The van der Waals surface area contributed by atoms with Gasteiger partial charge in [-0.1, -0.05) is 37.6 Å². The van der Waals surface area contributed by atoms with Crippen LogP contribution in [0.4, 0.5) is 0 Å². The van der Waals surface area contributed by atoms with Crippen LogP contribution in [0.15, 0.2) is 30.0 Å². The Morgan fingerprint density at radius 1 is 1.09 bits per heavy atom. The Morgan fingerprint density at radius 2 is 1.70 bits per heavy atom. The van der Waals surface area contributed by atoms with Gasteiger partial charge in [-0.3, -0.25) is 9.05 Å². The molecular weight excluding hydrogens is 311 g/mol. The lowest BCUT2D eigenvalue weighted by molar-refractivity contribution is 0.143. The number of rotatable bonds is 10. The number of hydrogen-bond donors (Lipinski definition) is 0. The number of unbranched alkanes of at least 4 members (excludes halogenated alkanes) is 1. The monoisotopic (exact) mass is 340 g/mol. The van der Waals surface area contributed by atoms with Gasteiger partial charge in [0.1, 0.15) is 5.76 Å². The van der Waals surface area contributed by atoms with Gasteiger partial charge in [-0.15, -0.1) is 0 Å². The van der Waals surface area contributed by atoms with Crippen molar-refractivity contribution in [3.63, 3.8) is 0 Å². The van der Waals surface area contributed by atoms with E-state index in [1.165, 1.54) is 0 Å². The molecule has 0 aliphatic heterocycles. The Bertz CT molecular complexity index is 556. The van der Waals surface area contributed by atoms with Crippen LogP contribution in [-0.2, 0) is 18.1 Å².